The molecule has 136 valence electrons. The van der Waals surface area contributed by atoms with E-state index in [9.17, 15) is 9.59 Å². The van der Waals surface area contributed by atoms with Gasteiger partial charge >= 0.3 is 12.0 Å². The highest BCUT2D eigenvalue weighted by atomic mass is 32.1. The Morgan fingerprint density at radius 1 is 1.40 bits per heavy atom. The topological polar surface area (TPSA) is 84.4 Å². The maximum atomic E-state index is 12.6. The van der Waals surface area contributed by atoms with Gasteiger partial charge in [-0.15, -0.1) is 10.2 Å². The van der Waals surface area contributed by atoms with Crippen molar-refractivity contribution < 1.29 is 14.3 Å². The Balaban J connectivity index is 1.59. The lowest BCUT2D eigenvalue weighted by atomic mass is 9.65. The number of hydrogen-bond acceptors (Lipinski definition) is 6. The van der Waals surface area contributed by atoms with Crippen LogP contribution in [0.3, 0.4) is 0 Å². The number of carbonyl (C=O) groups is 2. The fourth-order valence-electron chi connectivity index (χ4n) is 3.98. The number of ether oxygens (including phenoxy) is 1. The first-order valence-electron chi connectivity index (χ1n) is 8.66. The Kier molecular flexibility index (Phi) is 5.08. The SMILES string of the molecule is CCOC(=O)Cc1nnc(NC(=O)N2CC3(CC=CC3)C2C(C)C)s1. The maximum Gasteiger partial charge on any atom is 0.323 e. The number of allylic oxidation sites excluding steroid dienone is 2. The number of carbonyl (C=O) groups excluding carboxylic acids is 2. The number of likely N-dealkylation sites (tertiary alicyclic amines) is 1. The van der Waals surface area contributed by atoms with Gasteiger partial charge < -0.3 is 9.64 Å². The molecule has 2 amide bonds. The van der Waals surface area contributed by atoms with Crippen LogP contribution < -0.4 is 5.32 Å². The molecule has 1 N–H and O–H groups in total. The number of nitrogens with zero attached hydrogens (tertiary/aromatic N) is 3. The predicted molar refractivity (Wildman–Crippen MR) is 95.4 cm³/mol. The fourth-order valence-corrected chi connectivity index (χ4v) is 4.69. The van der Waals surface area contributed by atoms with Crippen molar-refractivity contribution in [2.24, 2.45) is 11.3 Å². The summed E-state index contributed by atoms with van der Waals surface area (Å²) in [5, 5.41) is 11.7. The van der Waals surface area contributed by atoms with Crippen molar-refractivity contribution in [3.63, 3.8) is 0 Å². The van der Waals surface area contributed by atoms with Crippen LogP contribution in [0.15, 0.2) is 12.2 Å². The first-order chi connectivity index (χ1) is 11.9. The summed E-state index contributed by atoms with van der Waals surface area (Å²) >= 11 is 1.21. The second kappa shape index (κ2) is 7.11. The van der Waals surface area contributed by atoms with Crippen molar-refractivity contribution in [2.45, 2.75) is 46.1 Å². The molecule has 25 heavy (non-hydrogen) atoms. The first kappa shape index (κ1) is 17.8. The van der Waals surface area contributed by atoms with Gasteiger partial charge in [-0.05, 0) is 25.7 Å². The molecule has 0 bridgehead atoms. The highest BCUT2D eigenvalue weighted by Crippen LogP contribution is 2.50. The molecule has 1 spiro atoms. The average molecular weight is 364 g/mol. The largest absolute Gasteiger partial charge is 0.466 e. The zero-order valence-corrected chi connectivity index (χ0v) is 15.6. The van der Waals surface area contributed by atoms with E-state index in [1.54, 1.807) is 6.92 Å². The average Bonchev–Trinajstić information content (AvgIpc) is 3.15. The summed E-state index contributed by atoms with van der Waals surface area (Å²) in [6, 6.07) is 0.0875. The molecule has 0 aromatic carbocycles. The number of urea groups is 1. The summed E-state index contributed by atoms with van der Waals surface area (Å²) in [5.74, 6) is 0.0583. The van der Waals surface area contributed by atoms with E-state index in [4.69, 9.17) is 4.74 Å². The van der Waals surface area contributed by atoms with E-state index < -0.39 is 0 Å². The van der Waals surface area contributed by atoms with Crippen LogP contribution in [0.5, 0.6) is 0 Å². The smallest absolute Gasteiger partial charge is 0.323 e. The first-order valence-corrected chi connectivity index (χ1v) is 9.47. The van der Waals surface area contributed by atoms with Crippen LogP contribution in [0.4, 0.5) is 9.93 Å². The van der Waals surface area contributed by atoms with Gasteiger partial charge in [0.25, 0.3) is 0 Å². The highest BCUT2D eigenvalue weighted by molar-refractivity contribution is 7.15. The van der Waals surface area contributed by atoms with E-state index in [0.29, 0.717) is 22.7 Å². The van der Waals surface area contributed by atoms with Gasteiger partial charge in [-0.25, -0.2) is 4.79 Å². The molecule has 1 unspecified atom stereocenters. The number of esters is 1. The van der Waals surface area contributed by atoms with Crippen molar-refractivity contribution >= 4 is 28.5 Å². The molecule has 1 aliphatic carbocycles. The minimum absolute atomic E-state index is 0.0779. The van der Waals surface area contributed by atoms with E-state index in [0.717, 1.165) is 19.4 Å². The number of aromatic nitrogens is 2. The van der Waals surface area contributed by atoms with E-state index in [1.807, 2.05) is 4.90 Å². The summed E-state index contributed by atoms with van der Waals surface area (Å²) < 4.78 is 4.89. The molecule has 7 nitrogen and oxygen atoms in total. The summed E-state index contributed by atoms with van der Waals surface area (Å²) in [7, 11) is 0. The van der Waals surface area contributed by atoms with Crippen LogP contribution in [0.1, 0.15) is 38.6 Å². The third-order valence-corrected chi connectivity index (χ3v) is 5.68. The Bertz CT molecular complexity index is 677. The van der Waals surface area contributed by atoms with Crippen molar-refractivity contribution in [3.8, 4) is 0 Å². The second-order valence-electron chi connectivity index (χ2n) is 6.97. The molecule has 1 fully saturated rings. The molecule has 1 aliphatic heterocycles. The predicted octanol–water partition coefficient (Wildman–Crippen LogP) is 2.85. The minimum atomic E-state index is -0.338. The van der Waals surface area contributed by atoms with E-state index in [1.165, 1.54) is 11.3 Å². The molecular formula is C17H24N4O3S. The zero-order chi connectivity index (χ0) is 18.0. The molecule has 1 atom stereocenters. The third kappa shape index (κ3) is 3.53. The molecule has 3 rings (SSSR count). The van der Waals surface area contributed by atoms with Gasteiger partial charge in [0.05, 0.1) is 13.0 Å². The molecule has 8 heteroatoms. The van der Waals surface area contributed by atoms with Crippen molar-refractivity contribution in [1.82, 2.24) is 15.1 Å². The van der Waals surface area contributed by atoms with Gasteiger partial charge in [-0.2, -0.15) is 0 Å². The third-order valence-electron chi connectivity index (χ3n) is 4.84. The Morgan fingerprint density at radius 2 is 2.12 bits per heavy atom. The Labute approximate surface area is 151 Å². The van der Waals surface area contributed by atoms with E-state index in [-0.39, 0.29) is 29.9 Å². The lowest BCUT2D eigenvalue weighted by molar-refractivity contribution is -0.142. The standard InChI is InChI=1S/C17H24N4O3S/c1-4-24-13(22)9-12-19-20-15(25-12)18-16(23)21-10-17(7-5-6-8-17)14(21)11(2)3/h5-6,11,14H,4,7-10H2,1-3H3,(H,18,20,23). The van der Waals surface area contributed by atoms with Crippen molar-refractivity contribution in [1.29, 1.82) is 0 Å². The highest BCUT2D eigenvalue weighted by Gasteiger charge is 2.55. The molecule has 1 aromatic rings. The van der Waals surface area contributed by atoms with Crippen molar-refractivity contribution in [3.05, 3.63) is 17.2 Å². The van der Waals surface area contributed by atoms with Crippen LogP contribution in [0.2, 0.25) is 0 Å². The van der Waals surface area contributed by atoms with Crippen LogP contribution >= 0.6 is 11.3 Å². The summed E-state index contributed by atoms with van der Waals surface area (Å²) in [6.45, 7) is 7.18. The molecule has 0 saturated carbocycles. The monoisotopic (exact) mass is 364 g/mol. The fraction of sp³-hybridized carbons (Fsp3) is 0.647. The molecule has 2 heterocycles. The molecule has 0 radical (unpaired) electrons. The number of nitrogens with one attached hydrogen (secondary N) is 1. The van der Waals surface area contributed by atoms with Crippen LogP contribution in [-0.4, -0.2) is 46.3 Å². The van der Waals surface area contributed by atoms with Gasteiger partial charge in [0.1, 0.15) is 5.01 Å². The van der Waals surface area contributed by atoms with Gasteiger partial charge in [0.2, 0.25) is 5.13 Å². The lowest BCUT2D eigenvalue weighted by Gasteiger charge is -2.57. The van der Waals surface area contributed by atoms with Crippen LogP contribution in [-0.2, 0) is 16.0 Å². The number of amides is 2. The summed E-state index contributed by atoms with van der Waals surface area (Å²) in [6.07, 6.45) is 6.60. The lowest BCUT2D eigenvalue weighted by Crippen LogP contribution is -2.68. The van der Waals surface area contributed by atoms with E-state index >= 15 is 0 Å². The number of anilines is 1. The van der Waals surface area contributed by atoms with Gasteiger partial charge in [-0.3, -0.25) is 10.1 Å². The minimum Gasteiger partial charge on any atom is -0.466 e. The van der Waals surface area contributed by atoms with Gasteiger partial charge in [0, 0.05) is 18.0 Å². The quantitative estimate of drug-likeness (QED) is 0.641. The van der Waals surface area contributed by atoms with Gasteiger partial charge in [0.15, 0.2) is 0 Å². The maximum absolute atomic E-state index is 12.6. The molecule has 1 aromatic heterocycles. The molecule has 1 saturated heterocycles. The molecular weight excluding hydrogens is 340 g/mol. The summed E-state index contributed by atoms with van der Waals surface area (Å²) in [4.78, 5) is 26.0. The van der Waals surface area contributed by atoms with E-state index in [2.05, 4.69) is 41.5 Å². The second-order valence-corrected chi connectivity index (χ2v) is 8.03. The Morgan fingerprint density at radius 3 is 2.76 bits per heavy atom. The number of rotatable bonds is 5. The van der Waals surface area contributed by atoms with Crippen molar-refractivity contribution in [2.75, 3.05) is 18.5 Å². The number of hydrogen-bond donors (Lipinski definition) is 1. The van der Waals surface area contributed by atoms with Gasteiger partial charge in [-0.1, -0.05) is 37.3 Å². The van der Waals surface area contributed by atoms with Crippen LogP contribution in [0.25, 0.3) is 0 Å². The summed E-state index contributed by atoms with van der Waals surface area (Å²) in [5.41, 5.74) is 0.210. The Hall–Kier alpha value is -1.96. The van der Waals surface area contributed by atoms with Crippen LogP contribution in [0, 0.1) is 11.3 Å². The molecule has 2 aliphatic rings. The normalized spacial score (nSPS) is 20.8. The zero-order valence-electron chi connectivity index (χ0n) is 14.8.